The first-order valence-corrected chi connectivity index (χ1v) is 6.88. The van der Waals surface area contributed by atoms with Crippen molar-refractivity contribution in [1.82, 2.24) is 0 Å². The standard InChI is InChI=1S/2C9H13N/c1-8-4-6-9(7-5-8)10(2)3;1-8-6-4-5-7-9(8)10(2)3/h2*4-7H,1-3H3. The van der Waals surface area contributed by atoms with Crippen molar-refractivity contribution in [3.8, 4) is 0 Å². The third-order valence-electron chi connectivity index (χ3n) is 3.15. The molecular formula is C18H26N2. The number of hydrogen-bond acceptors (Lipinski definition) is 2. The second-order valence-corrected chi connectivity index (χ2v) is 5.41. The van der Waals surface area contributed by atoms with Crippen LogP contribution in [0.5, 0.6) is 0 Å². The van der Waals surface area contributed by atoms with Crippen molar-refractivity contribution in [1.29, 1.82) is 0 Å². The normalized spacial score (nSPS) is 9.50. The molecule has 0 saturated carbocycles. The number of nitrogens with zero attached hydrogens (tertiary/aromatic N) is 2. The van der Waals surface area contributed by atoms with Crippen LogP contribution in [0.3, 0.4) is 0 Å². The molecule has 0 bridgehead atoms. The Bertz CT molecular complexity index is 513. The van der Waals surface area contributed by atoms with E-state index in [1.54, 1.807) is 0 Å². The molecule has 2 rings (SSSR count). The van der Waals surface area contributed by atoms with Crippen LogP contribution in [0, 0.1) is 13.8 Å². The summed E-state index contributed by atoms with van der Waals surface area (Å²) in [4.78, 5) is 4.22. The number of hydrogen-bond donors (Lipinski definition) is 0. The molecule has 108 valence electrons. The lowest BCUT2D eigenvalue weighted by atomic mass is 10.2. The van der Waals surface area contributed by atoms with Crippen molar-refractivity contribution in [2.45, 2.75) is 13.8 Å². The Labute approximate surface area is 123 Å². The van der Waals surface area contributed by atoms with E-state index < -0.39 is 0 Å². The Morgan fingerprint density at radius 3 is 1.60 bits per heavy atom. The van der Waals surface area contributed by atoms with Crippen molar-refractivity contribution >= 4 is 11.4 Å². The number of benzene rings is 2. The topological polar surface area (TPSA) is 6.48 Å². The summed E-state index contributed by atoms with van der Waals surface area (Å²) < 4.78 is 0. The Hall–Kier alpha value is -1.96. The molecule has 2 aromatic carbocycles. The van der Waals surface area contributed by atoms with Crippen molar-refractivity contribution in [3.63, 3.8) is 0 Å². The van der Waals surface area contributed by atoms with Crippen molar-refractivity contribution < 1.29 is 0 Å². The molecule has 0 N–H and O–H groups in total. The molecule has 0 spiro atoms. The van der Waals surface area contributed by atoms with E-state index in [2.05, 4.69) is 86.3 Å². The van der Waals surface area contributed by atoms with E-state index in [1.807, 2.05) is 14.1 Å². The molecule has 0 radical (unpaired) electrons. The number of para-hydroxylation sites is 1. The average molecular weight is 270 g/mol. The van der Waals surface area contributed by atoms with E-state index >= 15 is 0 Å². The predicted molar refractivity (Wildman–Crippen MR) is 91.0 cm³/mol. The fraction of sp³-hybridized carbons (Fsp3) is 0.333. The van der Waals surface area contributed by atoms with Gasteiger partial charge in [-0.05, 0) is 37.6 Å². The summed E-state index contributed by atoms with van der Waals surface area (Å²) in [6.07, 6.45) is 0. The zero-order chi connectivity index (χ0) is 15.1. The molecule has 0 fully saturated rings. The average Bonchev–Trinajstić information content (AvgIpc) is 2.40. The monoisotopic (exact) mass is 270 g/mol. The summed E-state index contributed by atoms with van der Waals surface area (Å²) >= 11 is 0. The van der Waals surface area contributed by atoms with Gasteiger partial charge in [-0.25, -0.2) is 0 Å². The molecule has 0 aliphatic carbocycles. The highest BCUT2D eigenvalue weighted by molar-refractivity contribution is 5.51. The Morgan fingerprint density at radius 2 is 1.20 bits per heavy atom. The van der Waals surface area contributed by atoms with Gasteiger partial charge in [-0.15, -0.1) is 0 Å². The summed E-state index contributed by atoms with van der Waals surface area (Å²) in [7, 11) is 8.21. The third-order valence-corrected chi connectivity index (χ3v) is 3.15. The fourth-order valence-corrected chi connectivity index (χ4v) is 1.91. The smallest absolute Gasteiger partial charge is 0.0390 e. The molecule has 0 amide bonds. The quantitative estimate of drug-likeness (QED) is 0.810. The molecule has 0 atom stereocenters. The van der Waals surface area contributed by atoms with E-state index in [4.69, 9.17) is 0 Å². The van der Waals surface area contributed by atoms with Gasteiger partial charge >= 0.3 is 0 Å². The lowest BCUT2D eigenvalue weighted by Gasteiger charge is -2.14. The van der Waals surface area contributed by atoms with Gasteiger partial charge in [-0.2, -0.15) is 0 Å². The van der Waals surface area contributed by atoms with Crippen LogP contribution in [0.25, 0.3) is 0 Å². The minimum atomic E-state index is 1.26. The highest BCUT2D eigenvalue weighted by Gasteiger charge is 1.95. The molecule has 0 unspecified atom stereocenters. The van der Waals surface area contributed by atoms with Gasteiger partial charge in [-0.3, -0.25) is 0 Å². The lowest BCUT2D eigenvalue weighted by molar-refractivity contribution is 1.11. The number of rotatable bonds is 2. The van der Waals surface area contributed by atoms with Crippen molar-refractivity contribution in [2.24, 2.45) is 0 Å². The maximum atomic E-state index is 2.12. The zero-order valence-corrected chi connectivity index (χ0v) is 13.5. The Kier molecular flexibility index (Phi) is 6.10. The van der Waals surface area contributed by atoms with Crippen LogP contribution >= 0.6 is 0 Å². The van der Waals surface area contributed by atoms with Gasteiger partial charge in [-0.1, -0.05) is 35.9 Å². The van der Waals surface area contributed by atoms with Gasteiger partial charge in [0.15, 0.2) is 0 Å². The van der Waals surface area contributed by atoms with E-state index in [9.17, 15) is 0 Å². The van der Waals surface area contributed by atoms with Crippen molar-refractivity contribution in [2.75, 3.05) is 38.0 Å². The molecule has 2 aromatic rings. The first-order valence-electron chi connectivity index (χ1n) is 6.88. The summed E-state index contributed by atoms with van der Waals surface area (Å²) in [6, 6.07) is 16.8. The number of anilines is 2. The minimum Gasteiger partial charge on any atom is -0.378 e. The first kappa shape index (κ1) is 16.1. The number of aryl methyl sites for hydroxylation is 2. The maximum Gasteiger partial charge on any atom is 0.0390 e. The van der Waals surface area contributed by atoms with Crippen LogP contribution in [0.4, 0.5) is 11.4 Å². The van der Waals surface area contributed by atoms with Crippen LogP contribution < -0.4 is 9.80 Å². The summed E-state index contributed by atoms with van der Waals surface area (Å²) in [5, 5.41) is 0. The highest BCUT2D eigenvalue weighted by Crippen LogP contribution is 2.15. The van der Waals surface area contributed by atoms with Crippen LogP contribution in [0.2, 0.25) is 0 Å². The highest BCUT2D eigenvalue weighted by atomic mass is 15.1. The van der Waals surface area contributed by atoms with Gasteiger partial charge in [0.05, 0.1) is 0 Å². The lowest BCUT2D eigenvalue weighted by Crippen LogP contribution is -2.09. The van der Waals surface area contributed by atoms with E-state index in [-0.39, 0.29) is 0 Å². The van der Waals surface area contributed by atoms with E-state index in [0.717, 1.165) is 0 Å². The van der Waals surface area contributed by atoms with Gasteiger partial charge in [0, 0.05) is 39.6 Å². The van der Waals surface area contributed by atoms with E-state index in [1.165, 1.54) is 22.5 Å². The minimum absolute atomic E-state index is 1.26. The van der Waals surface area contributed by atoms with Gasteiger partial charge in [0.25, 0.3) is 0 Å². The second kappa shape index (κ2) is 7.59. The van der Waals surface area contributed by atoms with Gasteiger partial charge in [0.2, 0.25) is 0 Å². The largest absolute Gasteiger partial charge is 0.378 e. The second-order valence-electron chi connectivity index (χ2n) is 5.41. The third kappa shape index (κ3) is 4.96. The van der Waals surface area contributed by atoms with Gasteiger partial charge in [0.1, 0.15) is 0 Å². The Balaban J connectivity index is 0.000000200. The Morgan fingerprint density at radius 1 is 0.650 bits per heavy atom. The summed E-state index contributed by atoms with van der Waals surface area (Å²) in [5.74, 6) is 0. The van der Waals surface area contributed by atoms with Crippen LogP contribution in [0.15, 0.2) is 48.5 Å². The molecule has 2 nitrogen and oxygen atoms in total. The molecule has 20 heavy (non-hydrogen) atoms. The molecule has 0 heterocycles. The first-order chi connectivity index (χ1) is 9.41. The fourth-order valence-electron chi connectivity index (χ4n) is 1.91. The van der Waals surface area contributed by atoms with Crippen molar-refractivity contribution in [3.05, 3.63) is 59.7 Å². The predicted octanol–water partition coefficient (Wildman–Crippen LogP) is 4.12. The molecule has 0 saturated heterocycles. The molecule has 2 heteroatoms. The SMILES string of the molecule is Cc1ccc(N(C)C)cc1.Cc1ccccc1N(C)C. The molecule has 0 aromatic heterocycles. The maximum absolute atomic E-state index is 2.12. The van der Waals surface area contributed by atoms with E-state index in [0.29, 0.717) is 0 Å². The molecule has 0 aliphatic rings. The van der Waals surface area contributed by atoms with Crippen LogP contribution in [0.1, 0.15) is 11.1 Å². The van der Waals surface area contributed by atoms with Crippen LogP contribution in [-0.2, 0) is 0 Å². The zero-order valence-electron chi connectivity index (χ0n) is 13.5. The molecule has 0 aliphatic heterocycles. The van der Waals surface area contributed by atoms with Crippen LogP contribution in [-0.4, -0.2) is 28.2 Å². The van der Waals surface area contributed by atoms with Gasteiger partial charge < -0.3 is 9.80 Å². The summed E-state index contributed by atoms with van der Waals surface area (Å²) in [5.41, 5.74) is 5.19. The summed E-state index contributed by atoms with van der Waals surface area (Å²) in [6.45, 7) is 4.22. The molecular weight excluding hydrogens is 244 g/mol.